The van der Waals surface area contributed by atoms with Gasteiger partial charge in [0.2, 0.25) is 0 Å². The minimum Gasteiger partial charge on any atom is -0.312 e. The molecule has 0 saturated heterocycles. The fourth-order valence-electron chi connectivity index (χ4n) is 2.53. The molecule has 1 atom stereocenters. The molecule has 0 heterocycles. The van der Waals surface area contributed by atoms with Gasteiger partial charge < -0.3 is 5.32 Å². The van der Waals surface area contributed by atoms with Crippen molar-refractivity contribution < 1.29 is 0 Å². The summed E-state index contributed by atoms with van der Waals surface area (Å²) in [6.07, 6.45) is 7.06. The van der Waals surface area contributed by atoms with Crippen molar-refractivity contribution in [3.05, 3.63) is 34.9 Å². The molecular formula is C15H22ClNS. The highest BCUT2D eigenvalue weighted by Crippen LogP contribution is 2.31. The third kappa shape index (κ3) is 4.18. The molecule has 1 aromatic rings. The normalized spacial score (nSPS) is 18.8. The van der Waals surface area contributed by atoms with Crippen molar-refractivity contribution >= 4 is 23.4 Å². The van der Waals surface area contributed by atoms with Crippen molar-refractivity contribution in [2.24, 2.45) is 0 Å². The molecule has 1 aliphatic carbocycles. The van der Waals surface area contributed by atoms with Crippen LogP contribution in [-0.4, -0.2) is 18.1 Å². The van der Waals surface area contributed by atoms with Crippen LogP contribution in [0.4, 0.5) is 0 Å². The largest absolute Gasteiger partial charge is 0.312 e. The number of hydrogen-bond donors (Lipinski definition) is 1. The van der Waals surface area contributed by atoms with E-state index in [9.17, 15) is 0 Å². The van der Waals surface area contributed by atoms with E-state index in [0.717, 1.165) is 16.0 Å². The molecule has 1 N–H and O–H groups in total. The molecule has 0 aromatic heterocycles. The third-order valence-electron chi connectivity index (χ3n) is 3.65. The summed E-state index contributed by atoms with van der Waals surface area (Å²) in [4.78, 5) is 0. The molecule has 1 unspecified atom stereocenters. The Hall–Kier alpha value is -0.180. The molecule has 0 aliphatic heterocycles. The maximum absolute atomic E-state index is 6.06. The molecule has 0 spiro atoms. The van der Waals surface area contributed by atoms with Gasteiger partial charge in [0, 0.05) is 22.1 Å². The highest BCUT2D eigenvalue weighted by Gasteiger charge is 2.17. The first kappa shape index (κ1) is 14.2. The monoisotopic (exact) mass is 283 g/mol. The van der Waals surface area contributed by atoms with Gasteiger partial charge in [-0.05, 0) is 37.6 Å². The fraction of sp³-hybridized carbons (Fsp3) is 0.600. The van der Waals surface area contributed by atoms with Crippen LogP contribution in [0, 0.1) is 0 Å². The van der Waals surface area contributed by atoms with E-state index in [2.05, 4.69) is 29.2 Å². The van der Waals surface area contributed by atoms with Gasteiger partial charge in [-0.25, -0.2) is 0 Å². The molecule has 0 bridgehead atoms. The summed E-state index contributed by atoms with van der Waals surface area (Å²) in [5.74, 6) is 1.14. The van der Waals surface area contributed by atoms with Crippen LogP contribution >= 0.6 is 23.4 Å². The minimum absolute atomic E-state index is 0.413. The highest BCUT2D eigenvalue weighted by atomic mass is 35.5. The van der Waals surface area contributed by atoms with E-state index >= 15 is 0 Å². The van der Waals surface area contributed by atoms with E-state index in [1.807, 2.05) is 19.2 Å². The fourth-order valence-corrected chi connectivity index (χ4v) is 4.22. The Balaban J connectivity index is 1.88. The second kappa shape index (κ2) is 7.42. The Morgan fingerprint density at radius 2 is 2.11 bits per heavy atom. The van der Waals surface area contributed by atoms with Crippen molar-refractivity contribution in [2.75, 3.05) is 12.8 Å². The molecule has 1 nitrogen and oxygen atoms in total. The number of thioether (sulfide) groups is 1. The van der Waals surface area contributed by atoms with E-state index in [-0.39, 0.29) is 0 Å². The lowest BCUT2D eigenvalue weighted by Crippen LogP contribution is -2.20. The van der Waals surface area contributed by atoms with Gasteiger partial charge in [0.1, 0.15) is 0 Å². The predicted molar refractivity (Wildman–Crippen MR) is 82.6 cm³/mol. The average Bonchev–Trinajstić information content (AvgIpc) is 2.41. The average molecular weight is 284 g/mol. The maximum Gasteiger partial charge on any atom is 0.0410 e. The molecule has 1 saturated carbocycles. The van der Waals surface area contributed by atoms with Crippen molar-refractivity contribution in [1.29, 1.82) is 0 Å². The zero-order chi connectivity index (χ0) is 12.8. The maximum atomic E-state index is 6.06. The van der Waals surface area contributed by atoms with Crippen LogP contribution in [0.15, 0.2) is 24.3 Å². The summed E-state index contributed by atoms with van der Waals surface area (Å²) in [6.45, 7) is 0. The van der Waals surface area contributed by atoms with Gasteiger partial charge in [0.05, 0.1) is 0 Å². The molecule has 0 radical (unpaired) electrons. The summed E-state index contributed by atoms with van der Waals surface area (Å²) in [5, 5.41) is 5.10. The van der Waals surface area contributed by atoms with Gasteiger partial charge in [-0.15, -0.1) is 0 Å². The van der Waals surface area contributed by atoms with Crippen LogP contribution in [0.1, 0.15) is 43.7 Å². The molecule has 1 aliphatic rings. The standard InChI is InChI=1S/C15H22ClNS/c1-17-15(12-6-5-7-13(16)10-12)11-18-14-8-3-2-4-9-14/h5-7,10,14-15,17H,2-4,8-9,11H2,1H3. The van der Waals surface area contributed by atoms with Crippen LogP contribution in [-0.2, 0) is 0 Å². The van der Waals surface area contributed by atoms with E-state index in [4.69, 9.17) is 11.6 Å². The smallest absolute Gasteiger partial charge is 0.0410 e. The minimum atomic E-state index is 0.413. The Bertz CT molecular complexity index is 363. The first-order chi connectivity index (χ1) is 8.79. The van der Waals surface area contributed by atoms with Crippen LogP contribution in [0.2, 0.25) is 5.02 Å². The zero-order valence-electron chi connectivity index (χ0n) is 11.0. The molecule has 0 amide bonds. The lowest BCUT2D eigenvalue weighted by atomic mass is 10.0. The Morgan fingerprint density at radius 1 is 1.33 bits per heavy atom. The Labute approximate surface area is 120 Å². The topological polar surface area (TPSA) is 12.0 Å². The van der Waals surface area contributed by atoms with Crippen molar-refractivity contribution in [3.63, 3.8) is 0 Å². The first-order valence-electron chi connectivity index (χ1n) is 6.84. The molecule has 3 heteroatoms. The lowest BCUT2D eigenvalue weighted by Gasteiger charge is -2.24. The van der Waals surface area contributed by atoms with Crippen molar-refractivity contribution in [2.45, 2.75) is 43.4 Å². The lowest BCUT2D eigenvalue weighted by molar-refractivity contribution is 0.515. The van der Waals surface area contributed by atoms with E-state index in [0.29, 0.717) is 6.04 Å². The second-order valence-electron chi connectivity index (χ2n) is 4.99. The Kier molecular flexibility index (Phi) is 5.87. The molecular weight excluding hydrogens is 262 g/mol. The van der Waals surface area contributed by atoms with E-state index in [1.54, 1.807) is 0 Å². The third-order valence-corrected chi connectivity index (χ3v) is 5.35. The molecule has 100 valence electrons. The summed E-state index contributed by atoms with van der Waals surface area (Å²) < 4.78 is 0. The van der Waals surface area contributed by atoms with Crippen molar-refractivity contribution in [1.82, 2.24) is 5.32 Å². The van der Waals surface area contributed by atoms with Crippen LogP contribution in [0.3, 0.4) is 0 Å². The number of benzene rings is 1. The number of hydrogen-bond acceptors (Lipinski definition) is 2. The predicted octanol–water partition coefficient (Wildman–Crippen LogP) is 4.67. The van der Waals surface area contributed by atoms with Gasteiger partial charge in [-0.3, -0.25) is 0 Å². The second-order valence-corrected chi connectivity index (χ2v) is 6.76. The molecule has 2 rings (SSSR count). The molecule has 1 aromatic carbocycles. The zero-order valence-corrected chi connectivity index (χ0v) is 12.6. The summed E-state index contributed by atoms with van der Waals surface area (Å²) in [6, 6.07) is 8.62. The van der Waals surface area contributed by atoms with Crippen molar-refractivity contribution in [3.8, 4) is 0 Å². The van der Waals surface area contributed by atoms with Crippen LogP contribution in [0.5, 0.6) is 0 Å². The first-order valence-corrected chi connectivity index (χ1v) is 8.26. The molecule has 1 fully saturated rings. The van der Waals surface area contributed by atoms with Gasteiger partial charge >= 0.3 is 0 Å². The van der Waals surface area contributed by atoms with Crippen LogP contribution < -0.4 is 5.32 Å². The van der Waals surface area contributed by atoms with Gasteiger partial charge in [0.25, 0.3) is 0 Å². The Morgan fingerprint density at radius 3 is 2.78 bits per heavy atom. The van der Waals surface area contributed by atoms with E-state index < -0.39 is 0 Å². The number of nitrogens with one attached hydrogen (secondary N) is 1. The van der Waals surface area contributed by atoms with Crippen LogP contribution in [0.25, 0.3) is 0 Å². The summed E-state index contributed by atoms with van der Waals surface area (Å²) in [7, 11) is 2.03. The molecule has 18 heavy (non-hydrogen) atoms. The van der Waals surface area contributed by atoms with Gasteiger partial charge in [0.15, 0.2) is 0 Å². The highest BCUT2D eigenvalue weighted by molar-refractivity contribution is 7.99. The van der Waals surface area contributed by atoms with Gasteiger partial charge in [-0.1, -0.05) is 43.0 Å². The summed E-state index contributed by atoms with van der Waals surface area (Å²) >= 11 is 8.19. The quantitative estimate of drug-likeness (QED) is 0.843. The SMILES string of the molecule is CNC(CSC1CCCCC1)c1cccc(Cl)c1. The summed E-state index contributed by atoms with van der Waals surface area (Å²) in [5.41, 5.74) is 1.30. The number of halogens is 1. The van der Waals surface area contributed by atoms with E-state index in [1.165, 1.54) is 37.7 Å². The van der Waals surface area contributed by atoms with Gasteiger partial charge in [-0.2, -0.15) is 11.8 Å². The number of rotatable bonds is 5.